The molecule has 1 aromatic carbocycles. The maximum absolute atomic E-state index is 6.07. The first-order valence-electron chi connectivity index (χ1n) is 4.80. The molecule has 16 heavy (non-hydrogen) atoms. The molecule has 4 nitrogen and oxygen atoms in total. The molecule has 0 heterocycles. The molecular weight excluding hydrogens is 230 g/mol. The number of nitrogens with two attached hydrogens (primary N) is 1. The van der Waals surface area contributed by atoms with E-state index in [0.717, 1.165) is 5.56 Å². The fourth-order valence-corrected chi connectivity index (χ4v) is 1.82. The molecule has 0 aliphatic carbocycles. The summed E-state index contributed by atoms with van der Waals surface area (Å²) >= 11 is 6.07. The van der Waals surface area contributed by atoms with Crippen LogP contribution in [0.25, 0.3) is 0 Å². The lowest BCUT2D eigenvalue weighted by Gasteiger charge is -2.18. The molecule has 0 spiro atoms. The van der Waals surface area contributed by atoms with Gasteiger partial charge in [-0.05, 0) is 13.0 Å². The zero-order valence-corrected chi connectivity index (χ0v) is 10.6. The van der Waals surface area contributed by atoms with Crippen molar-refractivity contribution in [1.29, 1.82) is 0 Å². The third kappa shape index (κ3) is 2.18. The van der Waals surface area contributed by atoms with E-state index in [1.54, 1.807) is 13.2 Å². The summed E-state index contributed by atoms with van der Waals surface area (Å²) in [6.45, 7) is 1.85. The van der Waals surface area contributed by atoms with E-state index in [9.17, 15) is 0 Å². The highest BCUT2D eigenvalue weighted by molar-refractivity contribution is 6.32. The number of benzene rings is 1. The number of halogens is 1. The highest BCUT2D eigenvalue weighted by Crippen LogP contribution is 2.46. The second-order valence-corrected chi connectivity index (χ2v) is 3.74. The van der Waals surface area contributed by atoms with E-state index in [2.05, 4.69) is 0 Å². The van der Waals surface area contributed by atoms with Gasteiger partial charge in [0, 0.05) is 11.6 Å². The SMILES string of the molecule is COc1c(Cl)cc(C(C)N)c(OC)c1OC. The van der Waals surface area contributed by atoms with E-state index in [1.807, 2.05) is 6.92 Å². The lowest BCUT2D eigenvalue weighted by Crippen LogP contribution is -2.08. The van der Waals surface area contributed by atoms with Gasteiger partial charge < -0.3 is 19.9 Å². The molecule has 0 radical (unpaired) electrons. The van der Waals surface area contributed by atoms with E-state index < -0.39 is 0 Å². The molecule has 2 N–H and O–H groups in total. The van der Waals surface area contributed by atoms with Crippen molar-refractivity contribution < 1.29 is 14.2 Å². The second kappa shape index (κ2) is 5.27. The topological polar surface area (TPSA) is 53.7 Å². The van der Waals surface area contributed by atoms with Gasteiger partial charge in [0.25, 0.3) is 0 Å². The summed E-state index contributed by atoms with van der Waals surface area (Å²) in [7, 11) is 4.60. The number of methoxy groups -OCH3 is 3. The molecule has 1 atom stereocenters. The van der Waals surface area contributed by atoms with E-state index >= 15 is 0 Å². The van der Waals surface area contributed by atoms with Gasteiger partial charge in [-0.1, -0.05) is 11.6 Å². The van der Waals surface area contributed by atoms with Crippen LogP contribution in [0.1, 0.15) is 18.5 Å². The number of hydrogen-bond acceptors (Lipinski definition) is 4. The summed E-state index contributed by atoms with van der Waals surface area (Å²) in [6.07, 6.45) is 0. The van der Waals surface area contributed by atoms with Gasteiger partial charge in [-0.25, -0.2) is 0 Å². The van der Waals surface area contributed by atoms with Crippen molar-refractivity contribution in [2.45, 2.75) is 13.0 Å². The first-order chi connectivity index (χ1) is 7.56. The van der Waals surface area contributed by atoms with Crippen molar-refractivity contribution in [2.24, 2.45) is 5.73 Å². The Morgan fingerprint density at radius 2 is 1.56 bits per heavy atom. The maximum Gasteiger partial charge on any atom is 0.205 e. The standard InChI is InChI=1S/C11H16ClNO3/c1-6(13)7-5-8(12)10(15-3)11(16-4)9(7)14-2/h5-6H,13H2,1-4H3. The summed E-state index contributed by atoms with van der Waals surface area (Å²) in [5.74, 6) is 1.47. The Balaban J connectivity index is 3.50. The van der Waals surface area contributed by atoms with Crippen molar-refractivity contribution in [3.63, 3.8) is 0 Å². The minimum Gasteiger partial charge on any atom is -0.492 e. The second-order valence-electron chi connectivity index (χ2n) is 3.34. The Morgan fingerprint density at radius 3 is 1.94 bits per heavy atom. The van der Waals surface area contributed by atoms with Crippen LogP contribution in [0.4, 0.5) is 0 Å². The molecular formula is C11H16ClNO3. The smallest absolute Gasteiger partial charge is 0.205 e. The fourth-order valence-electron chi connectivity index (χ4n) is 1.53. The van der Waals surface area contributed by atoms with E-state index in [-0.39, 0.29) is 6.04 Å². The predicted molar refractivity (Wildman–Crippen MR) is 63.7 cm³/mol. The molecule has 0 fully saturated rings. The molecule has 0 aliphatic heterocycles. The summed E-state index contributed by atoms with van der Waals surface area (Å²) in [6, 6.07) is 1.53. The van der Waals surface area contributed by atoms with Gasteiger partial charge in [0.15, 0.2) is 11.5 Å². The van der Waals surface area contributed by atoms with E-state index in [0.29, 0.717) is 22.3 Å². The van der Waals surface area contributed by atoms with Crippen LogP contribution in [0.15, 0.2) is 6.07 Å². The Labute approximate surface area is 100 Å². The first-order valence-corrected chi connectivity index (χ1v) is 5.18. The van der Waals surface area contributed by atoms with Gasteiger partial charge in [-0.2, -0.15) is 0 Å². The fraction of sp³-hybridized carbons (Fsp3) is 0.455. The minimum absolute atomic E-state index is 0.202. The molecule has 1 rings (SSSR count). The molecule has 1 aromatic rings. The Kier molecular flexibility index (Phi) is 4.26. The zero-order valence-electron chi connectivity index (χ0n) is 9.83. The van der Waals surface area contributed by atoms with Crippen molar-refractivity contribution in [3.05, 3.63) is 16.7 Å². The van der Waals surface area contributed by atoms with Crippen LogP contribution in [-0.2, 0) is 0 Å². The van der Waals surface area contributed by atoms with Crippen LogP contribution in [0, 0.1) is 0 Å². The third-order valence-electron chi connectivity index (χ3n) is 2.28. The van der Waals surface area contributed by atoms with Crippen LogP contribution < -0.4 is 19.9 Å². The largest absolute Gasteiger partial charge is 0.492 e. The quantitative estimate of drug-likeness (QED) is 0.885. The van der Waals surface area contributed by atoms with Gasteiger partial charge in [-0.3, -0.25) is 0 Å². The van der Waals surface area contributed by atoms with Gasteiger partial charge in [-0.15, -0.1) is 0 Å². The molecule has 0 amide bonds. The normalized spacial score (nSPS) is 12.1. The van der Waals surface area contributed by atoms with Crippen LogP contribution >= 0.6 is 11.6 Å². The molecule has 5 heteroatoms. The van der Waals surface area contributed by atoms with Crippen LogP contribution in [0.2, 0.25) is 5.02 Å². The van der Waals surface area contributed by atoms with Crippen molar-refractivity contribution >= 4 is 11.6 Å². The van der Waals surface area contributed by atoms with Crippen LogP contribution in [-0.4, -0.2) is 21.3 Å². The molecule has 0 aliphatic rings. The Hall–Kier alpha value is -1.13. The molecule has 90 valence electrons. The van der Waals surface area contributed by atoms with Crippen LogP contribution in [0.3, 0.4) is 0 Å². The summed E-state index contributed by atoms with van der Waals surface area (Å²) in [5.41, 5.74) is 6.62. The predicted octanol–water partition coefficient (Wildman–Crippen LogP) is 2.39. The van der Waals surface area contributed by atoms with Gasteiger partial charge >= 0.3 is 0 Å². The highest BCUT2D eigenvalue weighted by Gasteiger charge is 2.21. The van der Waals surface area contributed by atoms with Crippen molar-refractivity contribution in [2.75, 3.05) is 21.3 Å². The lowest BCUT2D eigenvalue weighted by molar-refractivity contribution is 0.321. The summed E-state index contributed by atoms with van der Waals surface area (Å²) < 4.78 is 15.7. The number of rotatable bonds is 4. The summed E-state index contributed by atoms with van der Waals surface area (Å²) in [5, 5.41) is 0.451. The van der Waals surface area contributed by atoms with E-state index in [1.165, 1.54) is 14.2 Å². The third-order valence-corrected chi connectivity index (χ3v) is 2.56. The van der Waals surface area contributed by atoms with E-state index in [4.69, 9.17) is 31.5 Å². The van der Waals surface area contributed by atoms with Gasteiger partial charge in [0.1, 0.15) is 0 Å². The summed E-state index contributed by atoms with van der Waals surface area (Å²) in [4.78, 5) is 0. The average Bonchev–Trinajstić information content (AvgIpc) is 2.27. The average molecular weight is 246 g/mol. The molecule has 0 saturated heterocycles. The number of hydrogen-bond donors (Lipinski definition) is 1. The zero-order chi connectivity index (χ0) is 12.3. The molecule has 0 saturated carbocycles. The molecule has 1 unspecified atom stereocenters. The molecule has 0 aromatic heterocycles. The maximum atomic E-state index is 6.07. The number of ether oxygens (including phenoxy) is 3. The van der Waals surface area contributed by atoms with Crippen LogP contribution in [0.5, 0.6) is 17.2 Å². The molecule has 0 bridgehead atoms. The van der Waals surface area contributed by atoms with Gasteiger partial charge in [0.2, 0.25) is 5.75 Å². The van der Waals surface area contributed by atoms with Gasteiger partial charge in [0.05, 0.1) is 26.4 Å². The Bertz CT molecular complexity index is 380. The van der Waals surface area contributed by atoms with Crippen molar-refractivity contribution in [1.82, 2.24) is 0 Å². The Morgan fingerprint density at radius 1 is 1.06 bits per heavy atom. The monoisotopic (exact) mass is 245 g/mol. The lowest BCUT2D eigenvalue weighted by atomic mass is 10.1. The minimum atomic E-state index is -0.202. The first kappa shape index (κ1) is 12.9. The van der Waals surface area contributed by atoms with Crippen molar-refractivity contribution in [3.8, 4) is 17.2 Å². The highest BCUT2D eigenvalue weighted by atomic mass is 35.5.